The Kier molecular flexibility index (Phi) is 7.65. The topological polar surface area (TPSA) is 76.5 Å². The summed E-state index contributed by atoms with van der Waals surface area (Å²) >= 11 is 0. The molecule has 2 amide bonds. The molecule has 0 aliphatic heterocycles. The summed E-state index contributed by atoms with van der Waals surface area (Å²) in [6.45, 7) is 6.02. The molecular formula is C25H30N4O3. The summed E-state index contributed by atoms with van der Waals surface area (Å²) in [5.74, 6) is 0.933. The first-order valence-electron chi connectivity index (χ1n) is 10.8. The first kappa shape index (κ1) is 23.1. The van der Waals surface area contributed by atoms with Crippen LogP contribution in [0.15, 0.2) is 54.6 Å². The number of hydrogen-bond donors (Lipinski definition) is 1. The number of carbonyl (C=O) groups excluding carboxylic acids is 2. The standard InChI is InChI=1S/C25H30N4O3/c1-5-6-16-28(19(3)30)17-23(31)26-25-24(20-10-8-7-9-11-20)18(2)27-29(25)21-12-14-22(32-4)15-13-21/h7-15H,5-6,16-17H2,1-4H3,(H,26,31). The van der Waals surface area contributed by atoms with Gasteiger partial charge in [0.25, 0.3) is 0 Å². The van der Waals surface area contributed by atoms with Gasteiger partial charge in [-0.1, -0.05) is 43.7 Å². The van der Waals surface area contributed by atoms with Crippen molar-refractivity contribution in [3.8, 4) is 22.6 Å². The van der Waals surface area contributed by atoms with Gasteiger partial charge in [0, 0.05) is 19.0 Å². The van der Waals surface area contributed by atoms with Crippen molar-refractivity contribution in [2.45, 2.75) is 33.6 Å². The van der Waals surface area contributed by atoms with Crippen LogP contribution in [0.25, 0.3) is 16.8 Å². The fraction of sp³-hybridized carbons (Fsp3) is 0.320. The molecule has 1 heterocycles. The van der Waals surface area contributed by atoms with E-state index < -0.39 is 0 Å². The molecule has 0 radical (unpaired) electrons. The summed E-state index contributed by atoms with van der Waals surface area (Å²) in [5, 5.41) is 7.73. The van der Waals surface area contributed by atoms with Gasteiger partial charge in [-0.25, -0.2) is 4.68 Å². The summed E-state index contributed by atoms with van der Waals surface area (Å²) in [5.41, 5.74) is 3.38. The number of ether oxygens (including phenoxy) is 1. The van der Waals surface area contributed by atoms with Gasteiger partial charge in [-0.2, -0.15) is 5.10 Å². The molecule has 168 valence electrons. The molecular weight excluding hydrogens is 404 g/mol. The van der Waals surface area contributed by atoms with Crippen molar-refractivity contribution in [1.82, 2.24) is 14.7 Å². The van der Waals surface area contributed by atoms with Crippen LogP contribution in [0.4, 0.5) is 5.82 Å². The largest absolute Gasteiger partial charge is 0.497 e. The number of aryl methyl sites for hydroxylation is 1. The Hall–Kier alpha value is -3.61. The quantitative estimate of drug-likeness (QED) is 0.540. The highest BCUT2D eigenvalue weighted by Crippen LogP contribution is 2.33. The van der Waals surface area contributed by atoms with Crippen molar-refractivity contribution in [2.24, 2.45) is 0 Å². The van der Waals surface area contributed by atoms with E-state index in [-0.39, 0.29) is 18.4 Å². The van der Waals surface area contributed by atoms with Crippen LogP contribution in [0.3, 0.4) is 0 Å². The number of benzene rings is 2. The van der Waals surface area contributed by atoms with Gasteiger partial charge in [0.2, 0.25) is 11.8 Å². The normalized spacial score (nSPS) is 10.6. The molecule has 7 heteroatoms. The number of nitrogens with zero attached hydrogens (tertiary/aromatic N) is 3. The highest BCUT2D eigenvalue weighted by Gasteiger charge is 2.21. The Labute approximate surface area is 189 Å². The number of unbranched alkanes of at least 4 members (excludes halogenated alkanes) is 1. The van der Waals surface area contributed by atoms with Gasteiger partial charge in [0.1, 0.15) is 11.6 Å². The molecule has 0 atom stereocenters. The zero-order valence-corrected chi connectivity index (χ0v) is 19.1. The number of carbonyl (C=O) groups is 2. The molecule has 1 N–H and O–H groups in total. The second-order valence-electron chi connectivity index (χ2n) is 7.63. The molecule has 3 aromatic rings. The summed E-state index contributed by atoms with van der Waals surface area (Å²) < 4.78 is 6.98. The zero-order valence-electron chi connectivity index (χ0n) is 19.1. The van der Waals surface area contributed by atoms with Crippen molar-refractivity contribution in [3.63, 3.8) is 0 Å². The van der Waals surface area contributed by atoms with Crippen LogP contribution < -0.4 is 10.1 Å². The van der Waals surface area contributed by atoms with E-state index in [1.165, 1.54) is 6.92 Å². The average Bonchev–Trinajstić information content (AvgIpc) is 3.12. The SMILES string of the molecule is CCCCN(CC(=O)Nc1c(-c2ccccc2)c(C)nn1-c1ccc(OC)cc1)C(C)=O. The molecule has 3 rings (SSSR count). The van der Waals surface area contributed by atoms with Gasteiger partial charge in [-0.05, 0) is 43.2 Å². The van der Waals surface area contributed by atoms with Crippen LogP contribution in [0, 0.1) is 6.92 Å². The molecule has 0 spiro atoms. The third kappa shape index (κ3) is 5.35. The smallest absolute Gasteiger partial charge is 0.245 e. The Morgan fingerprint density at radius 2 is 1.78 bits per heavy atom. The maximum atomic E-state index is 13.0. The van der Waals surface area contributed by atoms with Crippen molar-refractivity contribution in [2.75, 3.05) is 25.5 Å². The van der Waals surface area contributed by atoms with Crippen molar-refractivity contribution < 1.29 is 14.3 Å². The van der Waals surface area contributed by atoms with Crippen molar-refractivity contribution in [3.05, 3.63) is 60.3 Å². The fourth-order valence-electron chi connectivity index (χ4n) is 3.55. The number of rotatable bonds is 9. The van der Waals surface area contributed by atoms with Crippen LogP contribution in [0.5, 0.6) is 5.75 Å². The lowest BCUT2D eigenvalue weighted by atomic mass is 10.1. The van der Waals surface area contributed by atoms with E-state index in [9.17, 15) is 9.59 Å². The number of aromatic nitrogens is 2. The van der Waals surface area contributed by atoms with E-state index >= 15 is 0 Å². The summed E-state index contributed by atoms with van der Waals surface area (Å²) in [4.78, 5) is 26.6. The summed E-state index contributed by atoms with van der Waals surface area (Å²) in [6.07, 6.45) is 1.80. The van der Waals surface area contributed by atoms with E-state index in [0.717, 1.165) is 41.1 Å². The van der Waals surface area contributed by atoms with Crippen LogP contribution in [-0.4, -0.2) is 46.7 Å². The van der Waals surface area contributed by atoms with Crippen LogP contribution >= 0.6 is 0 Å². The zero-order chi connectivity index (χ0) is 23.1. The van der Waals surface area contributed by atoms with Crippen LogP contribution in [-0.2, 0) is 9.59 Å². The minimum Gasteiger partial charge on any atom is -0.497 e. The third-order valence-electron chi connectivity index (χ3n) is 5.26. The first-order valence-corrected chi connectivity index (χ1v) is 10.8. The van der Waals surface area contributed by atoms with Gasteiger partial charge in [-0.3, -0.25) is 9.59 Å². The van der Waals surface area contributed by atoms with Gasteiger partial charge in [0.15, 0.2) is 0 Å². The maximum Gasteiger partial charge on any atom is 0.245 e. The van der Waals surface area contributed by atoms with Gasteiger partial charge in [0.05, 0.1) is 25.0 Å². The van der Waals surface area contributed by atoms with Crippen LogP contribution in [0.2, 0.25) is 0 Å². The number of amides is 2. The highest BCUT2D eigenvalue weighted by atomic mass is 16.5. The number of methoxy groups -OCH3 is 1. The molecule has 0 unspecified atom stereocenters. The van der Waals surface area contributed by atoms with E-state index in [2.05, 4.69) is 12.2 Å². The average molecular weight is 435 g/mol. The minimum atomic E-state index is -0.261. The Bertz CT molecular complexity index is 1060. The third-order valence-corrected chi connectivity index (χ3v) is 5.26. The maximum absolute atomic E-state index is 13.0. The van der Waals surface area contributed by atoms with Gasteiger partial charge < -0.3 is 15.0 Å². The van der Waals surface area contributed by atoms with Gasteiger partial charge in [-0.15, -0.1) is 0 Å². The lowest BCUT2D eigenvalue weighted by molar-refractivity contribution is -0.132. The number of anilines is 1. The first-order chi connectivity index (χ1) is 15.4. The molecule has 0 aliphatic carbocycles. The second kappa shape index (κ2) is 10.6. The minimum absolute atomic E-state index is 0.00357. The van der Waals surface area contributed by atoms with Crippen LogP contribution in [0.1, 0.15) is 32.4 Å². The molecule has 0 bridgehead atoms. The van der Waals surface area contributed by atoms with Gasteiger partial charge >= 0.3 is 0 Å². The van der Waals surface area contributed by atoms with Crippen molar-refractivity contribution in [1.29, 1.82) is 0 Å². The Morgan fingerprint density at radius 3 is 2.38 bits per heavy atom. The predicted octanol–water partition coefficient (Wildman–Crippen LogP) is 4.44. The second-order valence-corrected chi connectivity index (χ2v) is 7.63. The Morgan fingerprint density at radius 1 is 1.09 bits per heavy atom. The monoisotopic (exact) mass is 434 g/mol. The predicted molar refractivity (Wildman–Crippen MR) is 126 cm³/mol. The molecule has 0 aliphatic rings. The molecule has 0 saturated heterocycles. The van der Waals surface area contributed by atoms with E-state index in [0.29, 0.717) is 12.4 Å². The molecule has 0 fully saturated rings. The lowest BCUT2D eigenvalue weighted by Crippen LogP contribution is -2.37. The fourth-order valence-corrected chi connectivity index (χ4v) is 3.55. The van der Waals surface area contributed by atoms with E-state index in [4.69, 9.17) is 9.84 Å². The van der Waals surface area contributed by atoms with E-state index in [1.807, 2.05) is 61.5 Å². The lowest BCUT2D eigenvalue weighted by Gasteiger charge is -2.20. The molecule has 7 nitrogen and oxygen atoms in total. The highest BCUT2D eigenvalue weighted by molar-refractivity contribution is 5.97. The van der Waals surface area contributed by atoms with Crippen molar-refractivity contribution >= 4 is 17.6 Å². The number of hydrogen-bond acceptors (Lipinski definition) is 4. The molecule has 1 aromatic heterocycles. The van der Waals surface area contributed by atoms with E-state index in [1.54, 1.807) is 16.7 Å². The summed E-state index contributed by atoms with van der Waals surface area (Å²) in [6, 6.07) is 17.3. The molecule has 32 heavy (non-hydrogen) atoms. The Balaban J connectivity index is 1.99. The number of nitrogens with one attached hydrogen (secondary N) is 1. The summed E-state index contributed by atoms with van der Waals surface area (Å²) in [7, 11) is 1.62. The molecule has 2 aromatic carbocycles. The molecule has 0 saturated carbocycles.